The van der Waals surface area contributed by atoms with Gasteiger partial charge in [0.15, 0.2) is 5.82 Å². The molecule has 0 spiro atoms. The summed E-state index contributed by atoms with van der Waals surface area (Å²) in [7, 11) is 0. The highest BCUT2D eigenvalue weighted by molar-refractivity contribution is 6.32. The number of allylic oxidation sites excluding steroid dienone is 5. The number of carbonyl (C=O) groups is 2. The number of amides is 3. The summed E-state index contributed by atoms with van der Waals surface area (Å²) in [5, 5.41) is 13.0. The van der Waals surface area contributed by atoms with Crippen molar-refractivity contribution in [3.8, 4) is 0 Å². The van der Waals surface area contributed by atoms with Gasteiger partial charge in [-0.15, -0.1) is 0 Å². The fourth-order valence-electron chi connectivity index (χ4n) is 4.04. The molecule has 2 aromatic heterocycles. The Morgan fingerprint density at radius 1 is 1.29 bits per heavy atom. The Kier molecular flexibility index (Phi) is 6.97. The number of aromatic nitrogens is 3. The molecular formula is C23H27ClN8O2. The first-order chi connectivity index (χ1) is 16.4. The van der Waals surface area contributed by atoms with Gasteiger partial charge in [0.25, 0.3) is 5.91 Å². The molecule has 5 N–H and O–H groups in total. The molecule has 1 aliphatic heterocycles. The predicted molar refractivity (Wildman–Crippen MR) is 131 cm³/mol. The standard InChI is InChI=1S/C23H27ClN8O2/c1-3-9-26-22(33)15-11-32-20(21(25)27-12-28-32)19(15)14-7-8-17(16(24)10-14)30-23(34)31-18-6-4-5-13(2)29-18/h5,8,10-12,14H,3-4,6-7,9H2,1-2H3,(H,26,33)(H2,25,27,28)(H2,29,30,31,34). The lowest BCUT2D eigenvalue weighted by Gasteiger charge is -2.21. The Morgan fingerprint density at radius 3 is 2.85 bits per heavy atom. The van der Waals surface area contributed by atoms with Crippen molar-refractivity contribution in [1.29, 1.82) is 0 Å². The van der Waals surface area contributed by atoms with Gasteiger partial charge < -0.3 is 16.4 Å². The quantitative estimate of drug-likeness (QED) is 0.517. The minimum Gasteiger partial charge on any atom is -0.382 e. The average Bonchev–Trinajstić information content (AvgIpc) is 3.20. The summed E-state index contributed by atoms with van der Waals surface area (Å²) < 4.78 is 1.56. The number of anilines is 1. The number of halogens is 1. The maximum atomic E-state index is 12.9. The van der Waals surface area contributed by atoms with Crippen LogP contribution in [0.15, 0.2) is 52.2 Å². The van der Waals surface area contributed by atoms with Crippen molar-refractivity contribution in [2.45, 2.75) is 45.4 Å². The number of aliphatic imine (C=N–C) groups is 1. The number of rotatable bonds is 5. The third-order valence-corrected chi connectivity index (χ3v) is 5.94. The Morgan fingerprint density at radius 2 is 2.12 bits per heavy atom. The first-order valence-electron chi connectivity index (χ1n) is 11.2. The van der Waals surface area contributed by atoms with E-state index in [1.165, 1.54) is 6.33 Å². The topological polar surface area (TPSA) is 139 Å². The van der Waals surface area contributed by atoms with Gasteiger partial charge in [-0.25, -0.2) is 19.3 Å². The molecule has 178 valence electrons. The van der Waals surface area contributed by atoms with Crippen LogP contribution in [0.3, 0.4) is 0 Å². The molecule has 4 rings (SSSR count). The molecule has 0 bridgehead atoms. The molecule has 0 fully saturated rings. The average molecular weight is 483 g/mol. The normalized spacial score (nSPS) is 17.9. The highest BCUT2D eigenvalue weighted by Gasteiger charge is 2.27. The van der Waals surface area contributed by atoms with E-state index in [-0.39, 0.29) is 17.6 Å². The summed E-state index contributed by atoms with van der Waals surface area (Å²) in [5.41, 5.74) is 9.25. The highest BCUT2D eigenvalue weighted by atomic mass is 35.5. The zero-order chi connectivity index (χ0) is 24.2. The Bertz CT molecular complexity index is 1260. The molecule has 3 amide bonds. The van der Waals surface area contributed by atoms with Crippen LogP contribution >= 0.6 is 11.6 Å². The first kappa shape index (κ1) is 23.5. The van der Waals surface area contributed by atoms with Crippen molar-refractivity contribution in [2.24, 2.45) is 4.99 Å². The minimum atomic E-state index is -0.406. The third kappa shape index (κ3) is 4.96. The van der Waals surface area contributed by atoms with Crippen LogP contribution in [-0.2, 0) is 0 Å². The molecular weight excluding hydrogens is 456 g/mol. The summed E-state index contributed by atoms with van der Waals surface area (Å²) in [6.45, 7) is 4.43. The molecule has 1 unspecified atom stereocenters. The van der Waals surface area contributed by atoms with Crippen molar-refractivity contribution in [1.82, 2.24) is 30.5 Å². The van der Waals surface area contributed by atoms with E-state index in [4.69, 9.17) is 17.3 Å². The molecule has 1 aliphatic carbocycles. The number of nitrogen functional groups attached to an aromatic ring is 1. The van der Waals surface area contributed by atoms with Crippen LogP contribution in [-0.4, -0.2) is 38.9 Å². The molecule has 0 aromatic carbocycles. The number of amidine groups is 1. The van der Waals surface area contributed by atoms with Gasteiger partial charge in [-0.05, 0) is 26.2 Å². The van der Waals surface area contributed by atoms with E-state index in [0.29, 0.717) is 52.6 Å². The largest absolute Gasteiger partial charge is 0.382 e. The van der Waals surface area contributed by atoms with E-state index in [2.05, 4.69) is 31.0 Å². The molecule has 0 saturated heterocycles. The summed E-state index contributed by atoms with van der Waals surface area (Å²) in [6, 6.07) is -0.406. The van der Waals surface area contributed by atoms with E-state index in [9.17, 15) is 9.59 Å². The molecule has 0 radical (unpaired) electrons. The lowest BCUT2D eigenvalue weighted by molar-refractivity contribution is 0.0952. The molecule has 2 aliphatic rings. The van der Waals surface area contributed by atoms with Crippen LogP contribution in [0.1, 0.15) is 61.4 Å². The first-order valence-corrected chi connectivity index (χ1v) is 11.5. The van der Waals surface area contributed by atoms with Crippen LogP contribution in [0.5, 0.6) is 0 Å². The van der Waals surface area contributed by atoms with Crippen molar-refractivity contribution in [3.63, 3.8) is 0 Å². The molecule has 3 heterocycles. The molecule has 2 aromatic rings. The van der Waals surface area contributed by atoms with Gasteiger partial charge in [0.05, 0.1) is 16.3 Å². The van der Waals surface area contributed by atoms with Crippen molar-refractivity contribution in [2.75, 3.05) is 12.3 Å². The lowest BCUT2D eigenvalue weighted by atomic mass is 9.89. The number of hydrogen-bond acceptors (Lipinski definition) is 6. The summed E-state index contributed by atoms with van der Waals surface area (Å²) in [5.74, 6) is 0.424. The van der Waals surface area contributed by atoms with Gasteiger partial charge in [0, 0.05) is 36.3 Å². The number of fused-ring (bicyclic) bond motifs is 1. The molecule has 10 nitrogen and oxygen atoms in total. The number of carbonyl (C=O) groups excluding carboxylic acids is 2. The lowest BCUT2D eigenvalue weighted by Crippen LogP contribution is -2.39. The minimum absolute atomic E-state index is 0.212. The Balaban J connectivity index is 1.56. The van der Waals surface area contributed by atoms with Crippen LogP contribution in [0.2, 0.25) is 0 Å². The highest BCUT2D eigenvalue weighted by Crippen LogP contribution is 2.37. The van der Waals surface area contributed by atoms with Crippen LogP contribution < -0.4 is 21.7 Å². The van der Waals surface area contributed by atoms with Crippen LogP contribution in [0, 0.1) is 0 Å². The molecule has 11 heteroatoms. The van der Waals surface area contributed by atoms with Gasteiger partial charge in [-0.1, -0.05) is 36.8 Å². The second-order valence-corrected chi connectivity index (χ2v) is 8.55. The second kappa shape index (κ2) is 10.1. The summed E-state index contributed by atoms with van der Waals surface area (Å²) in [6.07, 6.45) is 11.5. The zero-order valence-electron chi connectivity index (χ0n) is 19.1. The summed E-state index contributed by atoms with van der Waals surface area (Å²) >= 11 is 6.55. The van der Waals surface area contributed by atoms with Gasteiger partial charge in [0.1, 0.15) is 17.7 Å². The number of nitrogens with zero attached hydrogens (tertiary/aromatic N) is 4. The summed E-state index contributed by atoms with van der Waals surface area (Å²) in [4.78, 5) is 33.8. The number of nitrogens with two attached hydrogens (primary N) is 1. The van der Waals surface area contributed by atoms with Gasteiger partial charge in [0.2, 0.25) is 0 Å². The van der Waals surface area contributed by atoms with Gasteiger partial charge in [-0.3, -0.25) is 10.1 Å². The zero-order valence-corrected chi connectivity index (χ0v) is 19.8. The van der Waals surface area contributed by atoms with E-state index in [1.807, 2.05) is 26.0 Å². The van der Waals surface area contributed by atoms with Gasteiger partial charge >= 0.3 is 6.03 Å². The Labute approximate surface area is 202 Å². The van der Waals surface area contributed by atoms with E-state index >= 15 is 0 Å². The SMILES string of the molecule is CCCNC(=O)c1cn2ncnc(N)c2c1C1C=C(Cl)C(NC(=O)NC2=NC(C)=CCC2)=CC1. The van der Waals surface area contributed by atoms with Crippen molar-refractivity contribution in [3.05, 3.63) is 58.3 Å². The van der Waals surface area contributed by atoms with E-state index in [1.54, 1.807) is 16.8 Å². The smallest absolute Gasteiger partial charge is 0.324 e. The van der Waals surface area contributed by atoms with Crippen molar-refractivity contribution < 1.29 is 9.59 Å². The van der Waals surface area contributed by atoms with Crippen LogP contribution in [0.4, 0.5) is 10.6 Å². The van der Waals surface area contributed by atoms with E-state index in [0.717, 1.165) is 18.5 Å². The fourth-order valence-corrected chi connectivity index (χ4v) is 4.32. The number of nitrogens with one attached hydrogen (secondary N) is 3. The third-order valence-electron chi connectivity index (χ3n) is 5.61. The Hall–Kier alpha value is -3.66. The molecule has 34 heavy (non-hydrogen) atoms. The maximum Gasteiger partial charge on any atom is 0.324 e. The molecule has 0 saturated carbocycles. The van der Waals surface area contributed by atoms with Crippen molar-refractivity contribution >= 4 is 40.7 Å². The van der Waals surface area contributed by atoms with E-state index < -0.39 is 6.03 Å². The fraction of sp³-hybridized carbons (Fsp3) is 0.348. The second-order valence-electron chi connectivity index (χ2n) is 8.15. The predicted octanol–water partition coefficient (Wildman–Crippen LogP) is 3.34. The molecule has 1 atom stereocenters. The van der Waals surface area contributed by atoms with Crippen LogP contribution in [0.25, 0.3) is 5.52 Å². The monoisotopic (exact) mass is 482 g/mol. The number of urea groups is 1. The maximum absolute atomic E-state index is 12.9. The van der Waals surface area contributed by atoms with Gasteiger partial charge in [-0.2, -0.15) is 5.10 Å². The number of hydrogen-bond donors (Lipinski definition) is 4.